The van der Waals surface area contributed by atoms with Crippen molar-refractivity contribution in [3.8, 4) is 5.75 Å². The highest BCUT2D eigenvalue weighted by Gasteiger charge is 2.34. The van der Waals surface area contributed by atoms with Crippen LogP contribution >= 0.6 is 0 Å². The van der Waals surface area contributed by atoms with Crippen molar-refractivity contribution in [3.05, 3.63) is 53.2 Å². The Morgan fingerprint density at radius 1 is 1.25 bits per heavy atom. The number of nitrogens with two attached hydrogens (primary N) is 1. The Morgan fingerprint density at radius 2 is 1.96 bits per heavy atom. The number of hydrogen-bond acceptors (Lipinski definition) is 5. The van der Waals surface area contributed by atoms with Gasteiger partial charge in [0.15, 0.2) is 17.4 Å². The minimum absolute atomic E-state index is 0.00766. The van der Waals surface area contributed by atoms with Gasteiger partial charge in [-0.2, -0.15) is 0 Å². The second-order valence-corrected chi connectivity index (χ2v) is 7.48. The molecule has 6 nitrogen and oxygen atoms in total. The monoisotopic (exact) mass is 381 g/mol. The number of likely N-dealkylation sites (tertiary alicyclic amines) is 1. The summed E-state index contributed by atoms with van der Waals surface area (Å²) >= 11 is 0. The lowest BCUT2D eigenvalue weighted by molar-refractivity contribution is -0.129. The molecule has 28 heavy (non-hydrogen) atoms. The van der Waals surface area contributed by atoms with E-state index in [1.54, 1.807) is 13.0 Å². The first-order valence-electron chi connectivity index (χ1n) is 9.66. The molecule has 2 heterocycles. The summed E-state index contributed by atoms with van der Waals surface area (Å²) in [5.41, 5.74) is 8.61. The molecule has 1 aliphatic rings. The Balaban J connectivity index is 1.66. The number of carbonyl (C=O) groups excluding carboxylic acids is 2. The van der Waals surface area contributed by atoms with Crippen LogP contribution in [0, 0.1) is 12.8 Å². The predicted octanol–water partition coefficient (Wildman–Crippen LogP) is 3.03. The summed E-state index contributed by atoms with van der Waals surface area (Å²) in [6.07, 6.45) is 2.07. The van der Waals surface area contributed by atoms with E-state index in [9.17, 15) is 9.59 Å². The van der Waals surface area contributed by atoms with E-state index in [0.717, 1.165) is 5.56 Å². The fraction of sp³-hybridized carbons (Fsp3) is 0.409. The summed E-state index contributed by atoms with van der Waals surface area (Å²) in [7, 11) is 0. The molecule has 1 saturated heterocycles. The third-order valence-electron chi connectivity index (χ3n) is 5.18. The van der Waals surface area contributed by atoms with Crippen LogP contribution in [0.3, 0.4) is 0 Å². The van der Waals surface area contributed by atoms with Crippen LogP contribution < -0.4 is 10.5 Å². The summed E-state index contributed by atoms with van der Waals surface area (Å²) in [5.74, 6) is 0.898. The number of benzene rings is 1. The molecule has 0 spiro atoms. The number of pyridine rings is 1. The van der Waals surface area contributed by atoms with Crippen molar-refractivity contribution in [2.24, 2.45) is 5.92 Å². The van der Waals surface area contributed by atoms with Crippen LogP contribution in [0.4, 0.5) is 5.82 Å². The van der Waals surface area contributed by atoms with Crippen molar-refractivity contribution >= 4 is 17.5 Å². The average molecular weight is 381 g/mol. The smallest absolute Gasteiger partial charge is 0.227 e. The van der Waals surface area contributed by atoms with E-state index in [2.05, 4.69) is 11.9 Å². The molecule has 1 aliphatic heterocycles. The molecule has 2 atom stereocenters. The van der Waals surface area contributed by atoms with E-state index < -0.39 is 0 Å². The number of anilines is 1. The molecular weight excluding hydrogens is 354 g/mol. The molecule has 148 valence electrons. The Labute approximate surface area is 165 Å². The van der Waals surface area contributed by atoms with Gasteiger partial charge >= 0.3 is 0 Å². The molecule has 2 aromatic rings. The molecule has 0 radical (unpaired) electrons. The maximum Gasteiger partial charge on any atom is 0.227 e. The van der Waals surface area contributed by atoms with Crippen LogP contribution in [-0.4, -0.2) is 40.8 Å². The molecule has 1 fully saturated rings. The van der Waals surface area contributed by atoms with Gasteiger partial charge in [-0.1, -0.05) is 43.7 Å². The molecule has 0 saturated carbocycles. The van der Waals surface area contributed by atoms with Gasteiger partial charge in [0.1, 0.15) is 6.10 Å². The Bertz CT molecular complexity index is 864. The molecule has 0 bridgehead atoms. The zero-order chi connectivity index (χ0) is 20.3. The van der Waals surface area contributed by atoms with Crippen molar-refractivity contribution in [2.75, 3.05) is 18.8 Å². The van der Waals surface area contributed by atoms with E-state index in [4.69, 9.17) is 10.5 Å². The quantitative estimate of drug-likeness (QED) is 0.778. The normalized spacial score (nSPS) is 18.9. The minimum atomic E-state index is -0.182. The molecule has 6 heteroatoms. The lowest BCUT2D eigenvalue weighted by Crippen LogP contribution is -2.32. The summed E-state index contributed by atoms with van der Waals surface area (Å²) in [6.45, 7) is 7.01. The fourth-order valence-electron chi connectivity index (χ4n) is 3.36. The van der Waals surface area contributed by atoms with E-state index in [-0.39, 0.29) is 29.5 Å². The zero-order valence-electron chi connectivity index (χ0n) is 16.6. The number of ether oxygens (including phenoxy) is 1. The largest absolute Gasteiger partial charge is 0.484 e. The summed E-state index contributed by atoms with van der Waals surface area (Å²) in [5, 5.41) is 0. The maximum absolute atomic E-state index is 12.7. The highest BCUT2D eigenvalue weighted by Crippen LogP contribution is 2.27. The van der Waals surface area contributed by atoms with Crippen LogP contribution in [-0.2, 0) is 11.2 Å². The van der Waals surface area contributed by atoms with E-state index >= 15 is 0 Å². The molecule has 1 aromatic heterocycles. The number of Topliss-reactive ketones (excluding diaryl/α,β-unsaturated/α-hetero) is 1. The van der Waals surface area contributed by atoms with Crippen LogP contribution in [0.1, 0.15) is 41.8 Å². The van der Waals surface area contributed by atoms with Crippen molar-refractivity contribution in [3.63, 3.8) is 0 Å². The molecule has 0 aliphatic carbocycles. The zero-order valence-corrected chi connectivity index (χ0v) is 16.6. The van der Waals surface area contributed by atoms with Crippen molar-refractivity contribution in [2.45, 2.75) is 39.7 Å². The van der Waals surface area contributed by atoms with E-state index in [1.807, 2.05) is 36.1 Å². The van der Waals surface area contributed by atoms with Gasteiger partial charge < -0.3 is 15.4 Å². The van der Waals surface area contributed by atoms with Gasteiger partial charge in [0.25, 0.3) is 0 Å². The maximum atomic E-state index is 12.7. The Hall–Kier alpha value is -2.89. The van der Waals surface area contributed by atoms with Crippen molar-refractivity contribution < 1.29 is 14.3 Å². The lowest BCUT2D eigenvalue weighted by Gasteiger charge is -2.19. The fourth-order valence-corrected chi connectivity index (χ4v) is 3.36. The standard InChI is InChI=1S/C22H27N3O3/c1-4-18(26)17-10-19(22(23)24-11-17)28-20-13-25(12-15(20)3)21(27)9-16-7-5-14(2)6-8-16/h5-8,10-11,15,20H,4,9,12-13H2,1-3H3,(H2,23,24)/t15-,20-/m0/s1. The Morgan fingerprint density at radius 3 is 2.64 bits per heavy atom. The number of aromatic nitrogens is 1. The first kappa shape index (κ1) is 19.9. The average Bonchev–Trinajstić information content (AvgIpc) is 3.05. The van der Waals surface area contributed by atoms with Gasteiger partial charge in [-0.3, -0.25) is 9.59 Å². The van der Waals surface area contributed by atoms with E-state index in [0.29, 0.717) is 37.2 Å². The number of rotatable bonds is 6. The number of amides is 1. The molecular formula is C22H27N3O3. The molecule has 3 rings (SSSR count). The van der Waals surface area contributed by atoms with Crippen molar-refractivity contribution in [1.82, 2.24) is 9.88 Å². The lowest BCUT2D eigenvalue weighted by atomic mass is 10.1. The first-order chi connectivity index (χ1) is 13.4. The number of nitrogen functional groups attached to an aromatic ring is 1. The van der Waals surface area contributed by atoms with Gasteiger partial charge in [-0.05, 0) is 18.6 Å². The predicted molar refractivity (Wildman–Crippen MR) is 108 cm³/mol. The van der Waals surface area contributed by atoms with Crippen LogP contribution in [0.15, 0.2) is 36.5 Å². The molecule has 2 N–H and O–H groups in total. The van der Waals surface area contributed by atoms with Crippen molar-refractivity contribution in [1.29, 1.82) is 0 Å². The van der Waals surface area contributed by atoms with Crippen LogP contribution in [0.5, 0.6) is 5.75 Å². The van der Waals surface area contributed by atoms with Crippen LogP contribution in [0.25, 0.3) is 0 Å². The first-order valence-corrected chi connectivity index (χ1v) is 9.66. The number of hydrogen-bond donors (Lipinski definition) is 1. The second-order valence-electron chi connectivity index (χ2n) is 7.48. The Kier molecular flexibility index (Phi) is 5.97. The van der Waals surface area contributed by atoms with E-state index in [1.165, 1.54) is 11.8 Å². The minimum Gasteiger partial charge on any atom is -0.484 e. The SMILES string of the molecule is CCC(=O)c1cnc(N)c(O[C@H]2CN(C(=O)Cc3ccc(C)cc3)C[C@@H]2C)c1. The van der Waals surface area contributed by atoms with Gasteiger partial charge in [0, 0.05) is 30.6 Å². The molecule has 1 aromatic carbocycles. The van der Waals surface area contributed by atoms with Gasteiger partial charge in [-0.25, -0.2) is 4.98 Å². The second kappa shape index (κ2) is 8.42. The molecule has 0 unspecified atom stereocenters. The highest BCUT2D eigenvalue weighted by molar-refractivity contribution is 5.96. The number of nitrogens with zero attached hydrogens (tertiary/aromatic N) is 2. The summed E-state index contributed by atoms with van der Waals surface area (Å²) in [4.78, 5) is 30.5. The van der Waals surface area contributed by atoms with Gasteiger partial charge in [0.2, 0.25) is 5.91 Å². The van der Waals surface area contributed by atoms with Crippen LogP contribution in [0.2, 0.25) is 0 Å². The third-order valence-corrected chi connectivity index (χ3v) is 5.18. The molecule has 1 amide bonds. The topological polar surface area (TPSA) is 85.5 Å². The summed E-state index contributed by atoms with van der Waals surface area (Å²) < 4.78 is 6.07. The number of carbonyl (C=O) groups is 2. The number of aryl methyl sites for hydroxylation is 1. The van der Waals surface area contributed by atoms with Gasteiger partial charge in [-0.15, -0.1) is 0 Å². The third kappa shape index (κ3) is 4.50. The summed E-state index contributed by atoms with van der Waals surface area (Å²) in [6, 6.07) is 9.66. The highest BCUT2D eigenvalue weighted by atomic mass is 16.5. The number of ketones is 1. The van der Waals surface area contributed by atoms with Gasteiger partial charge in [0.05, 0.1) is 13.0 Å².